The van der Waals surface area contributed by atoms with Crippen molar-refractivity contribution < 1.29 is 22.5 Å². The van der Waals surface area contributed by atoms with Crippen molar-refractivity contribution >= 4 is 15.7 Å². The number of nitrogens with zero attached hydrogens (tertiary/aromatic N) is 2. The van der Waals surface area contributed by atoms with Crippen LogP contribution in [0.5, 0.6) is 5.75 Å². The second kappa shape index (κ2) is 10.2. The SMILES string of the molecule is CCCCCc1noc(COc2ccc(C(CCC(N)=O)S(C)(=O)=O)cc2)n1. The van der Waals surface area contributed by atoms with Gasteiger partial charge in [0.05, 0.1) is 5.25 Å². The fourth-order valence-electron chi connectivity index (χ4n) is 2.81. The van der Waals surface area contributed by atoms with E-state index in [0.29, 0.717) is 23.0 Å². The minimum Gasteiger partial charge on any atom is -0.484 e. The molecule has 0 bridgehead atoms. The number of sulfone groups is 1. The molecule has 2 rings (SSSR count). The van der Waals surface area contributed by atoms with Gasteiger partial charge in [0.15, 0.2) is 22.3 Å². The maximum Gasteiger partial charge on any atom is 0.264 e. The fraction of sp³-hybridized carbons (Fsp3) is 0.526. The smallest absolute Gasteiger partial charge is 0.264 e. The van der Waals surface area contributed by atoms with E-state index in [1.54, 1.807) is 24.3 Å². The molecule has 0 aliphatic carbocycles. The number of primary amides is 1. The van der Waals surface area contributed by atoms with Gasteiger partial charge in [-0.1, -0.05) is 37.1 Å². The lowest BCUT2D eigenvalue weighted by Gasteiger charge is -2.15. The van der Waals surface area contributed by atoms with Gasteiger partial charge in [0.25, 0.3) is 5.89 Å². The molecule has 1 atom stereocenters. The van der Waals surface area contributed by atoms with Gasteiger partial charge in [-0.3, -0.25) is 4.79 Å². The van der Waals surface area contributed by atoms with Crippen molar-refractivity contribution in [2.45, 2.75) is 57.3 Å². The number of hydrogen-bond donors (Lipinski definition) is 1. The van der Waals surface area contributed by atoms with Crippen LogP contribution in [0.25, 0.3) is 0 Å². The zero-order valence-corrected chi connectivity index (χ0v) is 17.1. The highest BCUT2D eigenvalue weighted by Crippen LogP contribution is 2.28. The summed E-state index contributed by atoms with van der Waals surface area (Å²) in [4.78, 5) is 15.3. The lowest BCUT2D eigenvalue weighted by atomic mass is 10.1. The Labute approximate surface area is 165 Å². The molecule has 0 aliphatic heterocycles. The number of aromatic nitrogens is 2. The summed E-state index contributed by atoms with van der Waals surface area (Å²) in [5.74, 6) is 1.10. The van der Waals surface area contributed by atoms with Gasteiger partial charge in [0.1, 0.15) is 5.75 Å². The van der Waals surface area contributed by atoms with E-state index < -0.39 is 21.0 Å². The molecule has 1 heterocycles. The molecule has 28 heavy (non-hydrogen) atoms. The topological polar surface area (TPSA) is 125 Å². The molecule has 1 aromatic carbocycles. The van der Waals surface area contributed by atoms with E-state index in [1.165, 1.54) is 0 Å². The summed E-state index contributed by atoms with van der Waals surface area (Å²) in [6.07, 6.45) is 5.37. The first-order valence-electron chi connectivity index (χ1n) is 9.31. The molecule has 2 aromatic rings. The summed E-state index contributed by atoms with van der Waals surface area (Å²) >= 11 is 0. The Morgan fingerprint density at radius 1 is 1.25 bits per heavy atom. The predicted octanol–water partition coefficient (Wildman–Crippen LogP) is 2.73. The monoisotopic (exact) mass is 409 g/mol. The quantitative estimate of drug-likeness (QED) is 0.534. The molecule has 1 unspecified atom stereocenters. The summed E-state index contributed by atoms with van der Waals surface area (Å²) in [5, 5.41) is 3.15. The van der Waals surface area contributed by atoms with E-state index in [-0.39, 0.29) is 19.4 Å². The van der Waals surface area contributed by atoms with Crippen molar-refractivity contribution in [3.8, 4) is 5.75 Å². The van der Waals surface area contributed by atoms with Crippen LogP contribution in [0.15, 0.2) is 28.8 Å². The van der Waals surface area contributed by atoms with E-state index >= 15 is 0 Å². The first-order valence-corrected chi connectivity index (χ1v) is 11.3. The van der Waals surface area contributed by atoms with Gasteiger partial charge in [-0.25, -0.2) is 8.42 Å². The standard InChI is InChI=1S/C19H27N3O5S/c1-3-4-5-6-18-21-19(27-22-18)13-26-15-9-7-14(8-10-15)16(28(2,24)25)11-12-17(20)23/h7-10,16H,3-6,11-13H2,1-2H3,(H2,20,23). The number of rotatable bonds is 12. The van der Waals surface area contributed by atoms with Gasteiger partial charge in [0.2, 0.25) is 5.91 Å². The second-order valence-corrected chi connectivity index (χ2v) is 8.97. The zero-order valence-electron chi connectivity index (χ0n) is 16.3. The molecule has 8 nitrogen and oxygen atoms in total. The van der Waals surface area contributed by atoms with Gasteiger partial charge < -0.3 is 15.0 Å². The number of benzene rings is 1. The van der Waals surface area contributed by atoms with Gasteiger partial charge in [-0.15, -0.1) is 0 Å². The highest BCUT2D eigenvalue weighted by atomic mass is 32.2. The predicted molar refractivity (Wildman–Crippen MR) is 104 cm³/mol. The number of unbranched alkanes of at least 4 members (excludes halogenated alkanes) is 2. The molecule has 0 aliphatic rings. The Bertz CT molecular complexity index is 862. The number of carbonyl (C=O) groups is 1. The Morgan fingerprint density at radius 2 is 1.96 bits per heavy atom. The summed E-state index contributed by atoms with van der Waals surface area (Å²) < 4.78 is 34.8. The fourth-order valence-corrected chi connectivity index (χ4v) is 4.01. The van der Waals surface area contributed by atoms with Crippen LogP contribution >= 0.6 is 0 Å². The van der Waals surface area contributed by atoms with Gasteiger partial charge in [0, 0.05) is 19.1 Å². The molecule has 154 valence electrons. The molecule has 0 fully saturated rings. The molecular formula is C19H27N3O5S. The minimum absolute atomic E-state index is 0.00768. The largest absolute Gasteiger partial charge is 0.484 e. The van der Waals surface area contributed by atoms with Crippen LogP contribution in [0.4, 0.5) is 0 Å². The van der Waals surface area contributed by atoms with Crippen LogP contribution in [0.1, 0.15) is 61.6 Å². The third-order valence-corrected chi connectivity index (χ3v) is 5.84. The molecule has 9 heteroatoms. The van der Waals surface area contributed by atoms with Crippen molar-refractivity contribution in [2.24, 2.45) is 5.73 Å². The first-order chi connectivity index (χ1) is 13.3. The zero-order chi connectivity index (χ0) is 20.6. The number of hydrogen-bond acceptors (Lipinski definition) is 7. The van der Waals surface area contributed by atoms with E-state index in [2.05, 4.69) is 17.1 Å². The Balaban J connectivity index is 1.95. The number of carbonyl (C=O) groups excluding carboxylic acids is 1. The van der Waals surface area contributed by atoms with Crippen molar-refractivity contribution in [2.75, 3.05) is 6.26 Å². The number of aryl methyl sites for hydroxylation is 1. The van der Waals surface area contributed by atoms with Crippen LogP contribution in [-0.4, -0.2) is 30.7 Å². The number of ether oxygens (including phenoxy) is 1. The van der Waals surface area contributed by atoms with Crippen LogP contribution in [-0.2, 0) is 27.7 Å². The van der Waals surface area contributed by atoms with Crippen molar-refractivity contribution in [1.29, 1.82) is 0 Å². The number of amides is 1. The molecule has 0 saturated heterocycles. The summed E-state index contributed by atoms with van der Waals surface area (Å²) in [6, 6.07) is 6.70. The van der Waals surface area contributed by atoms with Gasteiger partial charge in [-0.2, -0.15) is 4.98 Å². The maximum absolute atomic E-state index is 12.0. The van der Waals surface area contributed by atoms with Crippen molar-refractivity contribution in [1.82, 2.24) is 10.1 Å². The third-order valence-electron chi connectivity index (χ3n) is 4.30. The second-order valence-electron chi connectivity index (χ2n) is 6.74. The van der Waals surface area contributed by atoms with Crippen LogP contribution in [0, 0.1) is 0 Å². The highest BCUT2D eigenvalue weighted by Gasteiger charge is 2.23. The molecular weight excluding hydrogens is 382 g/mol. The van der Waals surface area contributed by atoms with Crippen LogP contribution < -0.4 is 10.5 Å². The summed E-state index contributed by atoms with van der Waals surface area (Å²) in [6.45, 7) is 2.27. The normalized spacial score (nSPS) is 12.6. The van der Waals surface area contributed by atoms with Gasteiger partial charge in [-0.05, 0) is 30.5 Å². The highest BCUT2D eigenvalue weighted by molar-refractivity contribution is 7.90. The summed E-state index contributed by atoms with van der Waals surface area (Å²) in [5.41, 5.74) is 5.73. The molecule has 0 saturated carbocycles. The van der Waals surface area contributed by atoms with E-state index in [0.717, 1.165) is 31.9 Å². The molecule has 1 aromatic heterocycles. The van der Waals surface area contributed by atoms with Crippen LogP contribution in [0.3, 0.4) is 0 Å². The average molecular weight is 410 g/mol. The van der Waals surface area contributed by atoms with E-state index in [1.807, 2.05) is 0 Å². The molecule has 0 radical (unpaired) electrons. The summed E-state index contributed by atoms with van der Waals surface area (Å²) in [7, 11) is -3.37. The molecule has 2 N–H and O–H groups in total. The molecule has 0 spiro atoms. The number of nitrogens with two attached hydrogens (primary N) is 1. The van der Waals surface area contributed by atoms with Gasteiger partial charge >= 0.3 is 0 Å². The molecule has 1 amide bonds. The van der Waals surface area contributed by atoms with E-state index in [4.69, 9.17) is 15.0 Å². The Morgan fingerprint density at radius 3 is 2.57 bits per heavy atom. The third kappa shape index (κ3) is 6.95. The van der Waals surface area contributed by atoms with E-state index in [9.17, 15) is 13.2 Å². The first kappa shape index (κ1) is 21.9. The Hall–Kier alpha value is -2.42. The van der Waals surface area contributed by atoms with Crippen molar-refractivity contribution in [3.05, 3.63) is 41.5 Å². The lowest BCUT2D eigenvalue weighted by Crippen LogP contribution is -2.16. The van der Waals surface area contributed by atoms with Crippen LogP contribution in [0.2, 0.25) is 0 Å². The average Bonchev–Trinajstić information content (AvgIpc) is 3.08. The maximum atomic E-state index is 12.0. The lowest BCUT2D eigenvalue weighted by molar-refractivity contribution is -0.118. The van der Waals surface area contributed by atoms with Crippen molar-refractivity contribution in [3.63, 3.8) is 0 Å². The Kier molecular flexibility index (Phi) is 7.98. The minimum atomic E-state index is -3.37.